The van der Waals surface area contributed by atoms with Gasteiger partial charge in [-0.2, -0.15) is 0 Å². The van der Waals surface area contributed by atoms with E-state index in [4.69, 9.17) is 16.3 Å². The minimum absolute atomic E-state index is 0.104. The molecule has 0 aromatic carbocycles. The lowest BCUT2D eigenvalue weighted by atomic mass is 10.2. The standard InChI is InChI=1S/C14H17ClFN3O4/c1-2-23-12(21)4-3-5-17-14(22)13-10(16)6-9(8-18-13)19-11(20)7-15/h6,8H,2-5,7H2,1H3,(H,17,22)(H,19,20). The number of ether oxygens (including phenoxy) is 1. The molecule has 0 spiro atoms. The molecule has 1 rings (SSSR count). The predicted octanol–water partition coefficient (Wildman–Crippen LogP) is 1.47. The lowest BCUT2D eigenvalue weighted by Gasteiger charge is -2.07. The van der Waals surface area contributed by atoms with Crippen LogP contribution in [-0.2, 0) is 14.3 Å². The molecule has 2 N–H and O–H groups in total. The van der Waals surface area contributed by atoms with Crippen molar-refractivity contribution in [1.29, 1.82) is 0 Å². The van der Waals surface area contributed by atoms with Crippen LogP contribution in [0.2, 0.25) is 0 Å². The molecule has 0 aliphatic heterocycles. The predicted molar refractivity (Wildman–Crippen MR) is 81.7 cm³/mol. The molecular formula is C14H17ClFN3O4. The average molecular weight is 346 g/mol. The summed E-state index contributed by atoms with van der Waals surface area (Å²) in [4.78, 5) is 37.6. The fourth-order valence-electron chi connectivity index (χ4n) is 1.62. The number of amides is 2. The average Bonchev–Trinajstić information content (AvgIpc) is 2.51. The van der Waals surface area contributed by atoms with Crippen LogP contribution in [0.3, 0.4) is 0 Å². The molecule has 23 heavy (non-hydrogen) atoms. The molecule has 0 atom stereocenters. The fraction of sp³-hybridized carbons (Fsp3) is 0.429. The number of alkyl halides is 1. The second-order valence-corrected chi connectivity index (χ2v) is 4.67. The molecule has 2 amide bonds. The third kappa shape index (κ3) is 6.60. The van der Waals surface area contributed by atoms with Gasteiger partial charge >= 0.3 is 5.97 Å². The van der Waals surface area contributed by atoms with Crippen LogP contribution in [0.1, 0.15) is 30.3 Å². The highest BCUT2D eigenvalue weighted by molar-refractivity contribution is 6.29. The number of nitrogens with zero attached hydrogens (tertiary/aromatic N) is 1. The lowest BCUT2D eigenvalue weighted by Crippen LogP contribution is -2.27. The zero-order valence-corrected chi connectivity index (χ0v) is 13.3. The van der Waals surface area contributed by atoms with Crippen molar-refractivity contribution in [3.63, 3.8) is 0 Å². The molecule has 0 radical (unpaired) electrons. The largest absolute Gasteiger partial charge is 0.466 e. The van der Waals surface area contributed by atoms with Crippen LogP contribution < -0.4 is 10.6 Å². The topological polar surface area (TPSA) is 97.4 Å². The molecule has 1 heterocycles. The molecule has 0 bridgehead atoms. The van der Waals surface area contributed by atoms with Gasteiger partial charge in [0.25, 0.3) is 5.91 Å². The summed E-state index contributed by atoms with van der Waals surface area (Å²) in [5, 5.41) is 4.77. The van der Waals surface area contributed by atoms with E-state index in [-0.39, 0.29) is 30.5 Å². The maximum Gasteiger partial charge on any atom is 0.305 e. The van der Waals surface area contributed by atoms with Crippen molar-refractivity contribution in [3.05, 3.63) is 23.8 Å². The zero-order valence-electron chi connectivity index (χ0n) is 12.5. The summed E-state index contributed by atoms with van der Waals surface area (Å²) in [6, 6.07) is 0.977. The Morgan fingerprint density at radius 1 is 1.39 bits per heavy atom. The summed E-state index contributed by atoms with van der Waals surface area (Å²) in [5.41, 5.74) is -0.294. The minimum Gasteiger partial charge on any atom is -0.466 e. The van der Waals surface area contributed by atoms with E-state index < -0.39 is 23.3 Å². The number of halogens is 2. The van der Waals surface area contributed by atoms with Crippen LogP contribution in [-0.4, -0.2) is 41.8 Å². The van der Waals surface area contributed by atoms with Gasteiger partial charge in [0, 0.05) is 19.0 Å². The summed E-state index contributed by atoms with van der Waals surface area (Å²) < 4.78 is 18.5. The number of carbonyl (C=O) groups is 3. The number of aromatic nitrogens is 1. The molecule has 0 aliphatic rings. The molecule has 1 aromatic heterocycles. The highest BCUT2D eigenvalue weighted by Gasteiger charge is 2.14. The normalized spacial score (nSPS) is 10.0. The van der Waals surface area contributed by atoms with Crippen molar-refractivity contribution < 1.29 is 23.5 Å². The summed E-state index contributed by atoms with van der Waals surface area (Å²) in [6.07, 6.45) is 1.69. The summed E-state index contributed by atoms with van der Waals surface area (Å²) in [5.74, 6) is -2.72. The number of hydrogen-bond acceptors (Lipinski definition) is 5. The fourth-order valence-corrected chi connectivity index (χ4v) is 1.69. The molecule has 7 nitrogen and oxygen atoms in total. The van der Waals surface area contributed by atoms with Gasteiger partial charge in [0.15, 0.2) is 11.5 Å². The first-order valence-electron chi connectivity index (χ1n) is 6.93. The van der Waals surface area contributed by atoms with Crippen LogP contribution in [0.4, 0.5) is 10.1 Å². The van der Waals surface area contributed by atoms with Gasteiger partial charge in [-0.25, -0.2) is 9.37 Å². The molecule has 9 heteroatoms. The van der Waals surface area contributed by atoms with Crippen molar-refractivity contribution >= 4 is 35.1 Å². The van der Waals surface area contributed by atoms with E-state index in [1.165, 1.54) is 0 Å². The first kappa shape index (κ1) is 18.8. The number of carbonyl (C=O) groups excluding carboxylic acids is 3. The van der Waals surface area contributed by atoms with Gasteiger partial charge in [0.1, 0.15) is 5.88 Å². The van der Waals surface area contributed by atoms with Crippen molar-refractivity contribution in [3.8, 4) is 0 Å². The van der Waals surface area contributed by atoms with E-state index in [1.54, 1.807) is 6.92 Å². The Kier molecular flexibility index (Phi) is 7.96. The highest BCUT2D eigenvalue weighted by atomic mass is 35.5. The Morgan fingerprint density at radius 2 is 2.13 bits per heavy atom. The Labute approximate surface area is 137 Å². The van der Waals surface area contributed by atoms with E-state index in [0.29, 0.717) is 13.0 Å². The van der Waals surface area contributed by atoms with Gasteiger partial charge in [-0.15, -0.1) is 11.6 Å². The minimum atomic E-state index is -0.875. The Hall–Kier alpha value is -2.22. The Bertz CT molecular complexity index is 583. The second kappa shape index (κ2) is 9.73. The van der Waals surface area contributed by atoms with E-state index in [2.05, 4.69) is 15.6 Å². The molecule has 0 fully saturated rings. The summed E-state index contributed by atoms with van der Waals surface area (Å²) in [6.45, 7) is 2.18. The maximum atomic E-state index is 13.8. The van der Waals surface area contributed by atoms with E-state index in [0.717, 1.165) is 12.3 Å². The monoisotopic (exact) mass is 345 g/mol. The second-order valence-electron chi connectivity index (χ2n) is 4.40. The van der Waals surface area contributed by atoms with Gasteiger partial charge in [-0.05, 0) is 13.3 Å². The number of pyridine rings is 1. The number of rotatable bonds is 8. The number of esters is 1. The number of anilines is 1. The highest BCUT2D eigenvalue weighted by Crippen LogP contribution is 2.11. The maximum absolute atomic E-state index is 13.8. The molecule has 0 unspecified atom stereocenters. The Balaban J connectivity index is 2.50. The molecule has 0 saturated heterocycles. The van der Waals surface area contributed by atoms with Crippen molar-refractivity contribution in [2.24, 2.45) is 0 Å². The van der Waals surface area contributed by atoms with Gasteiger partial charge < -0.3 is 15.4 Å². The van der Waals surface area contributed by atoms with E-state index in [1.807, 2.05) is 0 Å². The van der Waals surface area contributed by atoms with Gasteiger partial charge in [0.05, 0.1) is 18.5 Å². The third-order valence-electron chi connectivity index (χ3n) is 2.61. The first-order chi connectivity index (χ1) is 11.0. The van der Waals surface area contributed by atoms with E-state index in [9.17, 15) is 18.8 Å². The van der Waals surface area contributed by atoms with Gasteiger partial charge in [-0.1, -0.05) is 0 Å². The number of hydrogen-bond donors (Lipinski definition) is 2. The van der Waals surface area contributed by atoms with Crippen molar-refractivity contribution in [2.75, 3.05) is 24.3 Å². The number of nitrogens with one attached hydrogen (secondary N) is 2. The lowest BCUT2D eigenvalue weighted by molar-refractivity contribution is -0.143. The zero-order chi connectivity index (χ0) is 17.2. The molecule has 0 saturated carbocycles. The van der Waals surface area contributed by atoms with Crippen LogP contribution in [0.5, 0.6) is 0 Å². The smallest absolute Gasteiger partial charge is 0.305 e. The first-order valence-corrected chi connectivity index (χ1v) is 7.46. The summed E-state index contributed by atoms with van der Waals surface area (Å²) >= 11 is 5.31. The van der Waals surface area contributed by atoms with Gasteiger partial charge in [-0.3, -0.25) is 14.4 Å². The summed E-state index contributed by atoms with van der Waals surface area (Å²) in [7, 11) is 0. The molecule has 126 valence electrons. The SMILES string of the molecule is CCOC(=O)CCCNC(=O)c1ncc(NC(=O)CCl)cc1F. The Morgan fingerprint density at radius 3 is 2.74 bits per heavy atom. The quantitative estimate of drug-likeness (QED) is 0.422. The molecule has 1 aromatic rings. The van der Waals surface area contributed by atoms with Crippen molar-refractivity contribution in [2.45, 2.75) is 19.8 Å². The molecule has 0 aliphatic carbocycles. The molecular weight excluding hydrogens is 329 g/mol. The van der Waals surface area contributed by atoms with Crippen LogP contribution in [0.15, 0.2) is 12.3 Å². The van der Waals surface area contributed by atoms with Crippen LogP contribution >= 0.6 is 11.6 Å². The van der Waals surface area contributed by atoms with E-state index >= 15 is 0 Å². The van der Waals surface area contributed by atoms with Crippen LogP contribution in [0.25, 0.3) is 0 Å². The van der Waals surface area contributed by atoms with Crippen molar-refractivity contribution in [1.82, 2.24) is 10.3 Å². The van der Waals surface area contributed by atoms with Gasteiger partial charge in [0.2, 0.25) is 5.91 Å². The third-order valence-corrected chi connectivity index (χ3v) is 2.85. The van der Waals surface area contributed by atoms with Crippen LogP contribution in [0, 0.1) is 5.82 Å².